The lowest BCUT2D eigenvalue weighted by atomic mass is 10.1. The minimum Gasteiger partial charge on any atom is -0.468 e. The number of hydrogen-bond donors (Lipinski definition) is 1. The zero-order valence-electron chi connectivity index (χ0n) is 10.1. The quantitative estimate of drug-likeness (QED) is 0.653. The van der Waals surface area contributed by atoms with Crippen LogP contribution in [0.1, 0.15) is 19.8 Å². The maximum Gasteiger partial charge on any atom is 0.323 e. The average Bonchev–Trinajstić information content (AvgIpc) is 2.95. The summed E-state index contributed by atoms with van der Waals surface area (Å²) in [5, 5.41) is 3.34. The molecule has 15 heavy (non-hydrogen) atoms. The van der Waals surface area contributed by atoms with E-state index in [-0.39, 0.29) is 12.0 Å². The molecule has 0 aromatic rings. The monoisotopic (exact) mass is 214 g/mol. The highest BCUT2D eigenvalue weighted by molar-refractivity contribution is 5.76. The van der Waals surface area contributed by atoms with Crippen LogP contribution < -0.4 is 5.32 Å². The first-order valence-corrected chi connectivity index (χ1v) is 5.53. The SMILES string of the molecule is COC(=O)C(NC(C)CN(C)C)C1CC1. The molecule has 0 heterocycles. The first-order valence-electron chi connectivity index (χ1n) is 5.53. The molecular weight excluding hydrogens is 192 g/mol. The number of carbonyl (C=O) groups excluding carboxylic acids is 1. The summed E-state index contributed by atoms with van der Waals surface area (Å²) < 4.78 is 4.80. The maximum absolute atomic E-state index is 11.5. The Morgan fingerprint density at radius 2 is 2.13 bits per heavy atom. The van der Waals surface area contributed by atoms with Gasteiger partial charge in [-0.3, -0.25) is 4.79 Å². The minimum absolute atomic E-state index is 0.107. The van der Waals surface area contributed by atoms with Crippen LogP contribution in [0.3, 0.4) is 0 Å². The molecular formula is C11H22N2O2. The number of nitrogens with one attached hydrogen (secondary N) is 1. The summed E-state index contributed by atoms with van der Waals surface area (Å²) >= 11 is 0. The van der Waals surface area contributed by atoms with Crippen molar-refractivity contribution >= 4 is 5.97 Å². The maximum atomic E-state index is 11.5. The van der Waals surface area contributed by atoms with Crippen LogP contribution in [0.5, 0.6) is 0 Å². The molecule has 1 N–H and O–H groups in total. The molecule has 0 amide bonds. The van der Waals surface area contributed by atoms with Crippen LogP contribution in [0.25, 0.3) is 0 Å². The van der Waals surface area contributed by atoms with Crippen LogP contribution in [0.15, 0.2) is 0 Å². The number of rotatable bonds is 6. The van der Waals surface area contributed by atoms with Gasteiger partial charge in [0.2, 0.25) is 0 Å². The first-order chi connectivity index (χ1) is 7.04. The smallest absolute Gasteiger partial charge is 0.323 e. The summed E-state index contributed by atoms with van der Waals surface area (Å²) in [6, 6.07) is 0.203. The summed E-state index contributed by atoms with van der Waals surface area (Å²) in [6.45, 7) is 3.03. The number of methoxy groups -OCH3 is 1. The summed E-state index contributed by atoms with van der Waals surface area (Å²) in [5.41, 5.74) is 0. The minimum atomic E-state index is -0.122. The highest BCUT2D eigenvalue weighted by Crippen LogP contribution is 2.33. The molecule has 1 fully saturated rings. The fourth-order valence-electron chi connectivity index (χ4n) is 1.86. The molecule has 0 aliphatic heterocycles. The van der Waals surface area contributed by atoms with Crippen molar-refractivity contribution in [1.29, 1.82) is 0 Å². The number of likely N-dealkylation sites (N-methyl/N-ethyl adjacent to an activating group) is 1. The number of esters is 1. The van der Waals surface area contributed by atoms with Crippen LogP contribution in [-0.4, -0.2) is 50.7 Å². The molecule has 2 atom stereocenters. The Morgan fingerprint density at radius 1 is 1.53 bits per heavy atom. The molecule has 4 heteroatoms. The van der Waals surface area contributed by atoms with Crippen LogP contribution >= 0.6 is 0 Å². The Bertz CT molecular complexity index is 215. The van der Waals surface area contributed by atoms with Crippen molar-refractivity contribution in [2.24, 2.45) is 5.92 Å². The second-order valence-electron chi connectivity index (χ2n) is 4.67. The van der Waals surface area contributed by atoms with E-state index in [1.165, 1.54) is 7.11 Å². The molecule has 0 bridgehead atoms. The summed E-state index contributed by atoms with van der Waals surface area (Å²) in [7, 11) is 5.51. The third-order valence-electron chi connectivity index (χ3n) is 2.65. The largest absolute Gasteiger partial charge is 0.468 e. The molecule has 0 aromatic carbocycles. The van der Waals surface area contributed by atoms with E-state index in [0.29, 0.717) is 12.0 Å². The number of nitrogens with zero attached hydrogens (tertiary/aromatic N) is 1. The van der Waals surface area contributed by atoms with Gasteiger partial charge in [0, 0.05) is 12.6 Å². The van der Waals surface area contributed by atoms with Crippen LogP contribution in [0, 0.1) is 5.92 Å². The number of ether oxygens (including phenoxy) is 1. The van der Waals surface area contributed by atoms with Gasteiger partial charge in [-0.2, -0.15) is 0 Å². The molecule has 1 aliphatic rings. The standard InChI is InChI=1S/C11H22N2O2/c1-8(7-13(2)3)12-10(9-5-6-9)11(14)15-4/h8-10,12H,5-7H2,1-4H3. The van der Waals surface area contributed by atoms with E-state index in [0.717, 1.165) is 19.4 Å². The topological polar surface area (TPSA) is 41.6 Å². The second-order valence-corrected chi connectivity index (χ2v) is 4.67. The van der Waals surface area contributed by atoms with Gasteiger partial charge >= 0.3 is 5.97 Å². The molecule has 88 valence electrons. The van der Waals surface area contributed by atoms with Gasteiger partial charge in [-0.25, -0.2) is 0 Å². The van der Waals surface area contributed by atoms with E-state index >= 15 is 0 Å². The molecule has 1 aliphatic carbocycles. The normalized spacial score (nSPS) is 20.1. The lowest BCUT2D eigenvalue weighted by Crippen LogP contribution is -2.47. The van der Waals surface area contributed by atoms with Crippen molar-refractivity contribution in [2.45, 2.75) is 31.8 Å². The highest BCUT2D eigenvalue weighted by atomic mass is 16.5. The van der Waals surface area contributed by atoms with Gasteiger partial charge < -0.3 is 15.0 Å². The van der Waals surface area contributed by atoms with Crippen molar-refractivity contribution in [3.63, 3.8) is 0 Å². The van der Waals surface area contributed by atoms with Crippen molar-refractivity contribution < 1.29 is 9.53 Å². The van der Waals surface area contributed by atoms with Crippen molar-refractivity contribution in [3.05, 3.63) is 0 Å². The zero-order chi connectivity index (χ0) is 11.4. The number of carbonyl (C=O) groups is 1. The molecule has 2 unspecified atom stereocenters. The lowest BCUT2D eigenvalue weighted by Gasteiger charge is -2.23. The number of hydrogen-bond acceptors (Lipinski definition) is 4. The van der Waals surface area contributed by atoms with E-state index in [1.807, 2.05) is 14.1 Å². The molecule has 0 radical (unpaired) electrons. The Kier molecular flexibility index (Phi) is 4.54. The predicted octanol–water partition coefficient (Wildman–Crippen LogP) is 0.478. The summed E-state index contributed by atoms with van der Waals surface area (Å²) in [5.74, 6) is 0.366. The molecule has 1 rings (SSSR count). The highest BCUT2D eigenvalue weighted by Gasteiger charge is 2.37. The molecule has 1 saturated carbocycles. The lowest BCUT2D eigenvalue weighted by molar-refractivity contribution is -0.144. The van der Waals surface area contributed by atoms with E-state index < -0.39 is 0 Å². The average molecular weight is 214 g/mol. The molecule has 0 spiro atoms. The Balaban J connectivity index is 2.40. The van der Waals surface area contributed by atoms with E-state index in [4.69, 9.17) is 4.74 Å². The van der Waals surface area contributed by atoms with Crippen molar-refractivity contribution in [1.82, 2.24) is 10.2 Å². The summed E-state index contributed by atoms with van der Waals surface area (Å²) in [6.07, 6.45) is 2.28. The van der Waals surface area contributed by atoms with Crippen LogP contribution in [0.4, 0.5) is 0 Å². The van der Waals surface area contributed by atoms with Crippen molar-refractivity contribution in [3.8, 4) is 0 Å². The van der Waals surface area contributed by atoms with Crippen LogP contribution in [-0.2, 0) is 9.53 Å². The Labute approximate surface area is 92.0 Å². The third kappa shape index (κ3) is 4.18. The summed E-state index contributed by atoms with van der Waals surface area (Å²) in [4.78, 5) is 13.6. The van der Waals surface area contributed by atoms with E-state index in [9.17, 15) is 4.79 Å². The fraction of sp³-hybridized carbons (Fsp3) is 0.909. The van der Waals surface area contributed by atoms with Gasteiger partial charge in [0.25, 0.3) is 0 Å². The fourth-order valence-corrected chi connectivity index (χ4v) is 1.86. The zero-order valence-corrected chi connectivity index (χ0v) is 10.1. The van der Waals surface area contributed by atoms with Gasteiger partial charge in [0.15, 0.2) is 0 Å². The Hall–Kier alpha value is -0.610. The molecule has 0 saturated heterocycles. The van der Waals surface area contributed by atoms with Gasteiger partial charge in [0.1, 0.15) is 6.04 Å². The predicted molar refractivity (Wildman–Crippen MR) is 59.7 cm³/mol. The van der Waals surface area contributed by atoms with E-state index in [1.54, 1.807) is 0 Å². The van der Waals surface area contributed by atoms with Gasteiger partial charge in [-0.1, -0.05) is 0 Å². The van der Waals surface area contributed by atoms with Crippen LogP contribution in [0.2, 0.25) is 0 Å². The van der Waals surface area contributed by atoms with Crippen molar-refractivity contribution in [2.75, 3.05) is 27.7 Å². The van der Waals surface area contributed by atoms with Gasteiger partial charge in [-0.15, -0.1) is 0 Å². The third-order valence-corrected chi connectivity index (χ3v) is 2.65. The van der Waals surface area contributed by atoms with E-state index in [2.05, 4.69) is 17.1 Å². The Morgan fingerprint density at radius 3 is 2.53 bits per heavy atom. The van der Waals surface area contributed by atoms with Gasteiger partial charge in [0.05, 0.1) is 7.11 Å². The van der Waals surface area contributed by atoms with Gasteiger partial charge in [-0.05, 0) is 39.8 Å². The second kappa shape index (κ2) is 5.47. The first kappa shape index (κ1) is 12.5. The molecule has 0 aromatic heterocycles. The molecule has 4 nitrogen and oxygen atoms in total.